The third kappa shape index (κ3) is 5.50. The molecular formula is C77H51N. The van der Waals surface area contributed by atoms with Crippen molar-refractivity contribution in [3.8, 4) is 77.9 Å². The van der Waals surface area contributed by atoms with Crippen molar-refractivity contribution in [2.75, 3.05) is 4.90 Å². The predicted octanol–water partition coefficient (Wildman–Crippen LogP) is 19.5. The summed E-state index contributed by atoms with van der Waals surface area (Å²) in [7, 11) is 0. The van der Waals surface area contributed by atoms with Crippen LogP contribution in [-0.4, -0.2) is 0 Å². The molecule has 0 heterocycles. The molecular weight excluding hydrogens is 939 g/mol. The van der Waals surface area contributed by atoms with E-state index in [4.69, 9.17) is 0 Å². The largest absolute Gasteiger partial charge is 0.310 e. The lowest BCUT2D eigenvalue weighted by Crippen LogP contribution is -2.26. The van der Waals surface area contributed by atoms with E-state index in [1.165, 1.54) is 134 Å². The molecule has 17 rings (SSSR count). The minimum atomic E-state index is -0.458. The van der Waals surface area contributed by atoms with Crippen LogP contribution in [-0.2, 0) is 16.2 Å². The summed E-state index contributed by atoms with van der Waals surface area (Å²) in [5.74, 6) is 0. The van der Waals surface area contributed by atoms with Crippen LogP contribution in [0.3, 0.4) is 0 Å². The molecule has 0 saturated carbocycles. The van der Waals surface area contributed by atoms with Gasteiger partial charge in [0.2, 0.25) is 0 Å². The summed E-state index contributed by atoms with van der Waals surface area (Å²) < 4.78 is 0. The van der Waals surface area contributed by atoms with Gasteiger partial charge < -0.3 is 4.90 Å². The van der Waals surface area contributed by atoms with E-state index in [-0.39, 0.29) is 5.41 Å². The van der Waals surface area contributed by atoms with Gasteiger partial charge in [-0.05, 0) is 170 Å². The maximum absolute atomic E-state index is 2.51. The van der Waals surface area contributed by atoms with Gasteiger partial charge in [0.15, 0.2) is 0 Å². The molecule has 2 spiro atoms. The van der Waals surface area contributed by atoms with Crippen LogP contribution in [0, 0.1) is 0 Å². The second kappa shape index (κ2) is 15.8. The summed E-state index contributed by atoms with van der Waals surface area (Å²) in [5.41, 5.74) is 34.0. The first kappa shape index (κ1) is 43.7. The zero-order chi connectivity index (χ0) is 51.5. The average Bonchev–Trinajstić information content (AvgIpc) is 4.44. The molecule has 1 nitrogen and oxygen atoms in total. The van der Waals surface area contributed by atoms with E-state index >= 15 is 0 Å². The van der Waals surface area contributed by atoms with Crippen LogP contribution in [0.5, 0.6) is 0 Å². The molecule has 1 heteroatoms. The highest BCUT2D eigenvalue weighted by molar-refractivity contribution is 6.02. The number of fused-ring (bicyclic) bond motifs is 23. The van der Waals surface area contributed by atoms with Crippen LogP contribution in [0.25, 0.3) is 77.9 Å². The van der Waals surface area contributed by atoms with Crippen LogP contribution >= 0.6 is 0 Å². The SMILES string of the molecule is CC1(C)c2ccccc2-c2ccc(-c3ccc(N(c4ccc(-c5ccc6c(c5)C5(c7ccccc7-c7ccccc75)c5ccccc5-6)cc4)c4cccc5c4-c4ccccc4C54c5ccccc5-c5ccccc54)cc3)cc21. The van der Waals surface area contributed by atoms with Gasteiger partial charge in [-0.1, -0.05) is 244 Å². The second-order valence-corrected chi connectivity index (χ2v) is 22.6. The molecule has 12 aromatic carbocycles. The predicted molar refractivity (Wildman–Crippen MR) is 322 cm³/mol. The highest BCUT2D eigenvalue weighted by atomic mass is 15.1. The zero-order valence-corrected chi connectivity index (χ0v) is 43.4. The minimum absolute atomic E-state index is 0.0773. The maximum atomic E-state index is 2.51. The highest BCUT2D eigenvalue weighted by Gasteiger charge is 2.53. The summed E-state index contributed by atoms with van der Waals surface area (Å²) in [6.45, 7) is 4.73. The van der Waals surface area contributed by atoms with E-state index in [0.29, 0.717) is 0 Å². The minimum Gasteiger partial charge on any atom is -0.310 e. The lowest BCUT2D eigenvalue weighted by Gasteiger charge is -2.32. The highest BCUT2D eigenvalue weighted by Crippen LogP contribution is 2.66. The van der Waals surface area contributed by atoms with Crippen LogP contribution < -0.4 is 4.90 Å². The van der Waals surface area contributed by atoms with Crippen molar-refractivity contribution >= 4 is 17.1 Å². The van der Waals surface area contributed by atoms with Crippen molar-refractivity contribution < 1.29 is 0 Å². The van der Waals surface area contributed by atoms with Gasteiger partial charge in [0.25, 0.3) is 0 Å². The van der Waals surface area contributed by atoms with E-state index in [1.54, 1.807) is 0 Å². The monoisotopic (exact) mass is 989 g/mol. The smallest absolute Gasteiger partial charge is 0.0726 e. The zero-order valence-electron chi connectivity index (χ0n) is 43.4. The quantitative estimate of drug-likeness (QED) is 0.166. The van der Waals surface area contributed by atoms with Crippen LogP contribution in [0.4, 0.5) is 17.1 Å². The molecule has 0 amide bonds. The van der Waals surface area contributed by atoms with Crippen molar-refractivity contribution in [2.45, 2.75) is 30.1 Å². The van der Waals surface area contributed by atoms with Gasteiger partial charge in [-0.3, -0.25) is 0 Å². The van der Waals surface area contributed by atoms with Gasteiger partial charge in [-0.25, -0.2) is 0 Å². The Bertz CT molecular complexity index is 4420. The van der Waals surface area contributed by atoms with Gasteiger partial charge in [-0.15, -0.1) is 0 Å². The Hall–Kier alpha value is -9.56. The van der Waals surface area contributed by atoms with E-state index < -0.39 is 10.8 Å². The maximum Gasteiger partial charge on any atom is 0.0726 e. The Balaban J connectivity index is 0.833. The normalized spacial score (nSPS) is 14.8. The first-order valence-electron chi connectivity index (χ1n) is 27.6. The lowest BCUT2D eigenvalue weighted by atomic mass is 9.70. The van der Waals surface area contributed by atoms with Crippen molar-refractivity contribution in [1.29, 1.82) is 0 Å². The molecule has 0 N–H and O–H groups in total. The fourth-order valence-electron chi connectivity index (χ4n) is 15.5. The third-order valence-electron chi connectivity index (χ3n) is 18.7. The molecule has 0 bridgehead atoms. The lowest BCUT2D eigenvalue weighted by molar-refractivity contribution is 0.660. The summed E-state index contributed by atoms with van der Waals surface area (Å²) >= 11 is 0. The Kier molecular flexibility index (Phi) is 8.82. The third-order valence-corrected chi connectivity index (χ3v) is 18.7. The van der Waals surface area contributed by atoms with Crippen molar-refractivity contribution in [3.05, 3.63) is 329 Å². The number of rotatable bonds is 5. The first-order valence-corrected chi connectivity index (χ1v) is 27.6. The van der Waals surface area contributed by atoms with E-state index in [2.05, 4.69) is 292 Å². The summed E-state index contributed by atoms with van der Waals surface area (Å²) in [6, 6.07) is 104. The molecule has 0 unspecified atom stereocenters. The number of anilines is 3. The molecule has 0 aliphatic heterocycles. The number of hydrogen-bond acceptors (Lipinski definition) is 1. The molecule has 12 aromatic rings. The van der Waals surface area contributed by atoms with Crippen molar-refractivity contribution in [3.63, 3.8) is 0 Å². The molecule has 0 saturated heterocycles. The Morgan fingerprint density at radius 1 is 0.231 bits per heavy atom. The molecule has 5 aliphatic rings. The number of hydrogen-bond donors (Lipinski definition) is 0. The van der Waals surface area contributed by atoms with Crippen molar-refractivity contribution in [2.24, 2.45) is 0 Å². The molecule has 364 valence electrons. The van der Waals surface area contributed by atoms with Crippen LogP contribution in [0.15, 0.2) is 273 Å². The molecule has 5 aliphatic carbocycles. The van der Waals surface area contributed by atoms with Crippen LogP contribution in [0.1, 0.15) is 69.5 Å². The molecule has 0 fully saturated rings. The Morgan fingerprint density at radius 2 is 0.538 bits per heavy atom. The van der Waals surface area contributed by atoms with E-state index in [1.807, 2.05) is 0 Å². The fourth-order valence-corrected chi connectivity index (χ4v) is 15.5. The van der Waals surface area contributed by atoms with Gasteiger partial charge in [0, 0.05) is 22.4 Å². The van der Waals surface area contributed by atoms with Gasteiger partial charge in [0.1, 0.15) is 0 Å². The molecule has 78 heavy (non-hydrogen) atoms. The van der Waals surface area contributed by atoms with Gasteiger partial charge >= 0.3 is 0 Å². The summed E-state index contributed by atoms with van der Waals surface area (Å²) in [4.78, 5) is 2.51. The van der Waals surface area contributed by atoms with E-state index in [0.717, 1.165) is 17.1 Å². The van der Waals surface area contributed by atoms with Gasteiger partial charge in [-0.2, -0.15) is 0 Å². The van der Waals surface area contributed by atoms with Gasteiger partial charge in [0.05, 0.1) is 16.5 Å². The number of benzene rings is 12. The van der Waals surface area contributed by atoms with Crippen molar-refractivity contribution in [1.82, 2.24) is 0 Å². The Morgan fingerprint density at radius 3 is 0.987 bits per heavy atom. The summed E-state index contributed by atoms with van der Waals surface area (Å²) in [5, 5.41) is 0. The average molecular weight is 990 g/mol. The topological polar surface area (TPSA) is 3.24 Å². The molecule has 0 radical (unpaired) electrons. The standard InChI is InChI=1S/C77H51N/c1-75(2)63-25-10-3-18-54(63)60-44-38-50(46-71(60)75)48-34-40-52(41-35-48)78(73-33-17-32-70-74(73)62-24-9-16-31-69(62)76(70)64-26-11-4-19-55(64)56-20-5-12-27-65(56)76)53-42-36-49(37-43-53)51-39-45-61-59-23-8-15-30-68(59)77(72(61)47-51)66-28-13-6-21-57(66)58-22-7-14-29-67(58)77/h3-47H,1-2H3. The summed E-state index contributed by atoms with van der Waals surface area (Å²) in [6.07, 6.45) is 0. The van der Waals surface area contributed by atoms with E-state index in [9.17, 15) is 0 Å². The molecule has 0 aromatic heterocycles. The first-order chi connectivity index (χ1) is 38.5. The Labute approximate surface area is 456 Å². The van der Waals surface area contributed by atoms with Crippen LogP contribution in [0.2, 0.25) is 0 Å². The molecule has 0 atom stereocenters. The fraction of sp³-hybridized carbons (Fsp3) is 0.0649. The number of nitrogens with zero attached hydrogens (tertiary/aromatic N) is 1. The second-order valence-electron chi connectivity index (χ2n) is 22.6.